The van der Waals surface area contributed by atoms with Gasteiger partial charge in [-0.25, -0.2) is 0 Å². The van der Waals surface area contributed by atoms with Gasteiger partial charge in [-0.15, -0.1) is 0 Å². The molecule has 0 aromatic heterocycles. The first-order valence-corrected chi connectivity index (χ1v) is 6.56. The summed E-state index contributed by atoms with van der Waals surface area (Å²) in [7, 11) is 0. The van der Waals surface area contributed by atoms with E-state index in [9.17, 15) is 5.11 Å². The summed E-state index contributed by atoms with van der Waals surface area (Å²) in [6.07, 6.45) is 4.97. The molecule has 1 fully saturated rings. The highest BCUT2D eigenvalue weighted by Gasteiger charge is 2.25. The van der Waals surface area contributed by atoms with Crippen LogP contribution in [0.2, 0.25) is 0 Å². The van der Waals surface area contributed by atoms with Crippen molar-refractivity contribution in [2.75, 3.05) is 19.8 Å². The van der Waals surface area contributed by atoms with Gasteiger partial charge in [0.05, 0.1) is 12.2 Å². The minimum absolute atomic E-state index is 0.236. The van der Waals surface area contributed by atoms with Crippen LogP contribution in [0.25, 0.3) is 0 Å². The molecule has 0 spiro atoms. The van der Waals surface area contributed by atoms with Crippen molar-refractivity contribution < 1.29 is 9.84 Å². The second-order valence-electron chi connectivity index (χ2n) is 5.50. The van der Waals surface area contributed by atoms with Gasteiger partial charge in [-0.05, 0) is 38.6 Å². The molecule has 1 heterocycles. The molecule has 2 unspecified atom stereocenters. The lowest BCUT2D eigenvalue weighted by molar-refractivity contribution is -0.0644. The largest absolute Gasteiger partial charge is 0.388 e. The third-order valence-electron chi connectivity index (χ3n) is 3.66. The smallest absolute Gasteiger partial charge is 0.0874 e. The van der Waals surface area contributed by atoms with Crippen molar-refractivity contribution >= 4 is 0 Å². The zero-order valence-corrected chi connectivity index (χ0v) is 11.0. The van der Waals surface area contributed by atoms with Gasteiger partial charge >= 0.3 is 0 Å². The lowest BCUT2D eigenvalue weighted by Gasteiger charge is -2.28. The first kappa shape index (κ1) is 13.9. The van der Waals surface area contributed by atoms with Crippen molar-refractivity contribution in [3.05, 3.63) is 0 Å². The Hall–Kier alpha value is -0.120. The molecule has 3 nitrogen and oxygen atoms in total. The molecule has 0 aliphatic carbocycles. The molecule has 0 aromatic rings. The fourth-order valence-corrected chi connectivity index (χ4v) is 1.84. The van der Waals surface area contributed by atoms with Crippen molar-refractivity contribution in [1.82, 2.24) is 5.32 Å². The second kappa shape index (κ2) is 6.58. The summed E-state index contributed by atoms with van der Waals surface area (Å²) in [5.74, 6) is 0.236. The second-order valence-corrected chi connectivity index (χ2v) is 5.50. The number of hydrogen-bond donors (Lipinski definition) is 2. The van der Waals surface area contributed by atoms with E-state index in [2.05, 4.69) is 5.32 Å². The number of piperidine rings is 1. The van der Waals surface area contributed by atoms with Crippen LogP contribution in [0.1, 0.15) is 46.5 Å². The Balaban J connectivity index is 2.06. The summed E-state index contributed by atoms with van der Waals surface area (Å²) in [6, 6.07) is 0.623. The predicted octanol–water partition coefficient (Wildman–Crippen LogP) is 1.94. The number of nitrogens with one attached hydrogen (secondary N) is 1. The molecule has 0 saturated carbocycles. The van der Waals surface area contributed by atoms with Gasteiger partial charge in [-0.3, -0.25) is 0 Å². The topological polar surface area (TPSA) is 41.5 Å². The minimum atomic E-state index is -0.694. The van der Waals surface area contributed by atoms with Crippen molar-refractivity contribution in [2.24, 2.45) is 5.92 Å². The maximum Gasteiger partial charge on any atom is 0.0874 e. The van der Waals surface area contributed by atoms with Gasteiger partial charge in [0.1, 0.15) is 0 Å². The Morgan fingerprint density at radius 3 is 2.75 bits per heavy atom. The highest BCUT2D eigenvalue weighted by atomic mass is 16.5. The van der Waals surface area contributed by atoms with Crippen LogP contribution in [-0.2, 0) is 4.74 Å². The Kier molecular flexibility index (Phi) is 5.73. The minimum Gasteiger partial charge on any atom is -0.388 e. The van der Waals surface area contributed by atoms with E-state index in [0.717, 1.165) is 19.6 Å². The van der Waals surface area contributed by atoms with E-state index >= 15 is 0 Å². The van der Waals surface area contributed by atoms with E-state index < -0.39 is 5.60 Å². The summed E-state index contributed by atoms with van der Waals surface area (Å²) in [5, 5.41) is 13.5. The van der Waals surface area contributed by atoms with Crippen molar-refractivity contribution in [3.8, 4) is 0 Å². The van der Waals surface area contributed by atoms with Crippen molar-refractivity contribution in [3.63, 3.8) is 0 Å². The summed E-state index contributed by atoms with van der Waals surface area (Å²) in [5.41, 5.74) is -0.694. The molecule has 2 N–H and O–H groups in total. The number of rotatable bonds is 6. The summed E-state index contributed by atoms with van der Waals surface area (Å²) in [6.45, 7) is 8.22. The van der Waals surface area contributed by atoms with E-state index in [1.165, 1.54) is 19.3 Å². The van der Waals surface area contributed by atoms with Crippen LogP contribution in [0, 0.1) is 5.92 Å². The van der Waals surface area contributed by atoms with Gasteiger partial charge < -0.3 is 15.2 Å². The standard InChI is InChI=1S/C13H27NO2/c1-11(2)13(3,15)10-16-9-7-12-6-4-5-8-14-12/h11-12,14-15H,4-10H2,1-3H3. The van der Waals surface area contributed by atoms with E-state index in [1.807, 2.05) is 20.8 Å². The van der Waals surface area contributed by atoms with E-state index in [0.29, 0.717) is 12.6 Å². The zero-order chi connectivity index (χ0) is 12.0. The molecular formula is C13H27NO2. The Morgan fingerprint density at radius 1 is 1.44 bits per heavy atom. The average Bonchev–Trinajstić information content (AvgIpc) is 2.26. The molecule has 0 radical (unpaired) electrons. The van der Waals surface area contributed by atoms with E-state index in [-0.39, 0.29) is 5.92 Å². The third-order valence-corrected chi connectivity index (χ3v) is 3.66. The Morgan fingerprint density at radius 2 is 2.19 bits per heavy atom. The fourth-order valence-electron chi connectivity index (χ4n) is 1.84. The van der Waals surface area contributed by atoms with Crippen LogP contribution in [0.5, 0.6) is 0 Å². The monoisotopic (exact) mass is 229 g/mol. The summed E-state index contributed by atoms with van der Waals surface area (Å²) >= 11 is 0. The molecule has 0 aromatic carbocycles. The molecular weight excluding hydrogens is 202 g/mol. The molecule has 0 amide bonds. The third kappa shape index (κ3) is 4.81. The highest BCUT2D eigenvalue weighted by Crippen LogP contribution is 2.16. The lowest BCUT2D eigenvalue weighted by Crippen LogP contribution is -2.38. The van der Waals surface area contributed by atoms with Crippen LogP contribution < -0.4 is 5.32 Å². The predicted molar refractivity (Wildman–Crippen MR) is 66.5 cm³/mol. The van der Waals surface area contributed by atoms with Crippen molar-refractivity contribution in [1.29, 1.82) is 0 Å². The molecule has 1 aliphatic heterocycles. The number of aliphatic hydroxyl groups is 1. The van der Waals surface area contributed by atoms with Crippen LogP contribution >= 0.6 is 0 Å². The Bertz CT molecular complexity index is 186. The normalized spacial score (nSPS) is 25.7. The maximum atomic E-state index is 9.99. The van der Waals surface area contributed by atoms with Crippen molar-refractivity contribution in [2.45, 2.75) is 58.1 Å². The van der Waals surface area contributed by atoms with E-state index in [4.69, 9.17) is 4.74 Å². The van der Waals surface area contributed by atoms with Gasteiger partial charge in [0, 0.05) is 12.6 Å². The van der Waals surface area contributed by atoms with Gasteiger partial charge in [0.2, 0.25) is 0 Å². The quantitative estimate of drug-likeness (QED) is 0.684. The van der Waals surface area contributed by atoms with Gasteiger partial charge in [0.15, 0.2) is 0 Å². The van der Waals surface area contributed by atoms with Crippen LogP contribution in [0.15, 0.2) is 0 Å². The van der Waals surface area contributed by atoms with Gasteiger partial charge in [0.25, 0.3) is 0 Å². The highest BCUT2D eigenvalue weighted by molar-refractivity contribution is 4.76. The number of hydrogen-bond acceptors (Lipinski definition) is 3. The van der Waals surface area contributed by atoms with Gasteiger partial charge in [-0.2, -0.15) is 0 Å². The summed E-state index contributed by atoms with van der Waals surface area (Å²) < 4.78 is 5.57. The zero-order valence-electron chi connectivity index (χ0n) is 11.0. The van der Waals surface area contributed by atoms with E-state index in [1.54, 1.807) is 0 Å². The molecule has 1 rings (SSSR count). The maximum absolute atomic E-state index is 9.99. The lowest BCUT2D eigenvalue weighted by atomic mass is 9.94. The molecule has 96 valence electrons. The molecule has 1 aliphatic rings. The Labute approximate surface area is 99.6 Å². The first-order chi connectivity index (χ1) is 7.52. The first-order valence-electron chi connectivity index (χ1n) is 6.56. The average molecular weight is 229 g/mol. The SMILES string of the molecule is CC(C)C(C)(O)COCCC1CCCCN1. The fraction of sp³-hybridized carbons (Fsp3) is 1.00. The molecule has 3 heteroatoms. The van der Waals surface area contributed by atoms with Crippen LogP contribution in [-0.4, -0.2) is 36.5 Å². The molecule has 2 atom stereocenters. The van der Waals surface area contributed by atoms with Crippen LogP contribution in [0.4, 0.5) is 0 Å². The van der Waals surface area contributed by atoms with Crippen LogP contribution in [0.3, 0.4) is 0 Å². The van der Waals surface area contributed by atoms with Gasteiger partial charge in [-0.1, -0.05) is 20.3 Å². The molecule has 0 bridgehead atoms. The summed E-state index contributed by atoms with van der Waals surface area (Å²) in [4.78, 5) is 0. The molecule has 16 heavy (non-hydrogen) atoms. The molecule has 1 saturated heterocycles. The number of ether oxygens (including phenoxy) is 1.